The number of aromatic nitrogens is 2. The van der Waals surface area contributed by atoms with Gasteiger partial charge in [-0.25, -0.2) is 4.98 Å². The largest absolute Gasteiger partial charge is 0.356 e. The van der Waals surface area contributed by atoms with Gasteiger partial charge < -0.3 is 15.2 Å². The fourth-order valence-electron chi connectivity index (χ4n) is 2.22. The number of nitrogens with zero attached hydrogens (tertiary/aromatic N) is 2. The van der Waals surface area contributed by atoms with Gasteiger partial charge in [-0.05, 0) is 25.6 Å². The van der Waals surface area contributed by atoms with Crippen molar-refractivity contribution in [3.63, 3.8) is 0 Å². The lowest BCUT2D eigenvalue weighted by Crippen LogP contribution is -2.35. The van der Waals surface area contributed by atoms with Crippen molar-refractivity contribution in [2.75, 3.05) is 20.1 Å². The number of fused-ring (bicyclic) bond motifs is 1. The number of benzene rings is 1. The normalized spacial score (nSPS) is 11.4. The molecule has 124 valence electrons. The second-order valence-corrected chi connectivity index (χ2v) is 5.03. The molecule has 1 atom stereocenters. The number of imidazole rings is 1. The summed E-state index contributed by atoms with van der Waals surface area (Å²) in [7, 11) is 1.86. The summed E-state index contributed by atoms with van der Waals surface area (Å²) in [5.74, 6) is 0.115. The SMILES string of the molecule is CNCC(C)C(=O)NCCCn1cnc2ccccc21.Cl.Cl. The summed E-state index contributed by atoms with van der Waals surface area (Å²) in [5, 5.41) is 5.97. The molecule has 5 nitrogen and oxygen atoms in total. The Morgan fingerprint density at radius 1 is 1.32 bits per heavy atom. The second-order valence-electron chi connectivity index (χ2n) is 5.03. The van der Waals surface area contributed by atoms with E-state index in [9.17, 15) is 4.79 Å². The van der Waals surface area contributed by atoms with E-state index < -0.39 is 0 Å². The topological polar surface area (TPSA) is 59.0 Å². The first kappa shape index (κ1) is 20.7. The van der Waals surface area contributed by atoms with E-state index in [1.165, 1.54) is 0 Å². The Morgan fingerprint density at radius 2 is 2.05 bits per heavy atom. The van der Waals surface area contributed by atoms with Crippen molar-refractivity contribution in [1.29, 1.82) is 0 Å². The summed E-state index contributed by atoms with van der Waals surface area (Å²) >= 11 is 0. The van der Waals surface area contributed by atoms with Crippen molar-refractivity contribution in [3.8, 4) is 0 Å². The van der Waals surface area contributed by atoms with E-state index in [-0.39, 0.29) is 36.6 Å². The molecule has 0 aliphatic carbocycles. The number of carbonyl (C=O) groups excluding carboxylic acids is 1. The molecule has 2 rings (SSSR count). The van der Waals surface area contributed by atoms with Crippen LogP contribution in [0, 0.1) is 5.92 Å². The molecule has 7 heteroatoms. The van der Waals surface area contributed by atoms with Gasteiger partial charge in [0.1, 0.15) is 0 Å². The first-order valence-electron chi connectivity index (χ1n) is 7.04. The summed E-state index contributed by atoms with van der Waals surface area (Å²) in [6.45, 7) is 4.19. The van der Waals surface area contributed by atoms with Gasteiger partial charge in [0, 0.05) is 25.6 Å². The monoisotopic (exact) mass is 346 g/mol. The number of aryl methyl sites for hydroxylation is 1. The number of nitrogens with one attached hydrogen (secondary N) is 2. The average Bonchev–Trinajstić information content (AvgIpc) is 2.87. The maximum absolute atomic E-state index is 11.7. The molecule has 0 bridgehead atoms. The molecule has 2 N–H and O–H groups in total. The zero-order valence-corrected chi connectivity index (χ0v) is 14.5. The highest BCUT2D eigenvalue weighted by Gasteiger charge is 2.10. The van der Waals surface area contributed by atoms with Gasteiger partial charge in [0.2, 0.25) is 5.91 Å². The first-order chi connectivity index (χ1) is 9.72. The molecule has 22 heavy (non-hydrogen) atoms. The molecule has 0 spiro atoms. The Kier molecular flexibility index (Phi) is 9.81. The van der Waals surface area contributed by atoms with E-state index in [1.54, 1.807) is 0 Å². The number of para-hydroxylation sites is 2. The van der Waals surface area contributed by atoms with Crippen LogP contribution in [-0.2, 0) is 11.3 Å². The zero-order valence-electron chi connectivity index (χ0n) is 12.9. The highest BCUT2D eigenvalue weighted by molar-refractivity contribution is 5.85. The summed E-state index contributed by atoms with van der Waals surface area (Å²) in [6, 6.07) is 8.08. The Bertz CT molecular complexity index is 573. The molecule has 0 fully saturated rings. The van der Waals surface area contributed by atoms with Crippen LogP contribution >= 0.6 is 24.8 Å². The van der Waals surface area contributed by atoms with Gasteiger partial charge in [-0.15, -0.1) is 24.8 Å². The minimum Gasteiger partial charge on any atom is -0.356 e. The van der Waals surface area contributed by atoms with Crippen LogP contribution in [0.2, 0.25) is 0 Å². The average molecular weight is 347 g/mol. The quantitative estimate of drug-likeness (QED) is 0.756. The first-order valence-corrected chi connectivity index (χ1v) is 7.04. The van der Waals surface area contributed by atoms with Crippen LogP contribution in [0.1, 0.15) is 13.3 Å². The summed E-state index contributed by atoms with van der Waals surface area (Å²) in [4.78, 5) is 16.1. The van der Waals surface area contributed by atoms with Crippen LogP contribution < -0.4 is 10.6 Å². The standard InChI is InChI=1S/C15H22N4O.2ClH/c1-12(10-16-2)15(20)17-8-5-9-19-11-18-13-6-3-4-7-14(13)19;;/h3-4,6-7,11-12,16H,5,8-10H2,1-2H3,(H,17,20);2*1H. The highest BCUT2D eigenvalue weighted by atomic mass is 35.5. The van der Waals surface area contributed by atoms with E-state index >= 15 is 0 Å². The molecule has 0 saturated carbocycles. The number of hydrogen-bond acceptors (Lipinski definition) is 3. The van der Waals surface area contributed by atoms with Crippen molar-refractivity contribution in [3.05, 3.63) is 30.6 Å². The minimum absolute atomic E-state index is 0. The second kappa shape index (κ2) is 10.4. The van der Waals surface area contributed by atoms with Crippen LogP contribution in [0.25, 0.3) is 11.0 Å². The van der Waals surface area contributed by atoms with E-state index in [4.69, 9.17) is 0 Å². The Balaban J connectivity index is 0.00000220. The molecule has 1 amide bonds. The van der Waals surface area contributed by atoms with Crippen molar-refractivity contribution >= 4 is 41.8 Å². The molecule has 0 radical (unpaired) electrons. The predicted octanol–water partition coefficient (Wildman–Crippen LogP) is 2.24. The van der Waals surface area contributed by atoms with E-state index in [1.807, 2.05) is 38.5 Å². The molecule has 0 aliphatic rings. The molecule has 1 heterocycles. The lowest BCUT2D eigenvalue weighted by atomic mass is 10.1. The van der Waals surface area contributed by atoms with Crippen molar-refractivity contribution in [1.82, 2.24) is 20.2 Å². The number of amides is 1. The Labute approximate surface area is 143 Å². The third-order valence-electron chi connectivity index (χ3n) is 3.36. The lowest BCUT2D eigenvalue weighted by molar-refractivity contribution is -0.124. The molecule has 0 aliphatic heterocycles. The van der Waals surface area contributed by atoms with Crippen LogP contribution in [0.15, 0.2) is 30.6 Å². The van der Waals surface area contributed by atoms with Gasteiger partial charge in [-0.1, -0.05) is 19.1 Å². The summed E-state index contributed by atoms with van der Waals surface area (Å²) in [6.07, 6.45) is 2.76. The van der Waals surface area contributed by atoms with Crippen molar-refractivity contribution < 1.29 is 4.79 Å². The Hall–Kier alpha value is -1.30. The van der Waals surface area contributed by atoms with E-state index in [2.05, 4.69) is 26.3 Å². The number of halogens is 2. The van der Waals surface area contributed by atoms with Crippen LogP contribution in [-0.4, -0.2) is 35.6 Å². The van der Waals surface area contributed by atoms with Crippen molar-refractivity contribution in [2.45, 2.75) is 19.9 Å². The molecular weight excluding hydrogens is 323 g/mol. The van der Waals surface area contributed by atoms with Crippen LogP contribution in [0.4, 0.5) is 0 Å². The van der Waals surface area contributed by atoms with Gasteiger partial charge in [0.15, 0.2) is 0 Å². The summed E-state index contributed by atoms with van der Waals surface area (Å²) < 4.78 is 2.12. The molecule has 0 saturated heterocycles. The van der Waals surface area contributed by atoms with E-state index in [0.29, 0.717) is 13.1 Å². The van der Waals surface area contributed by atoms with Crippen molar-refractivity contribution in [2.24, 2.45) is 5.92 Å². The molecule has 1 unspecified atom stereocenters. The van der Waals surface area contributed by atoms with Gasteiger partial charge in [-0.2, -0.15) is 0 Å². The van der Waals surface area contributed by atoms with Gasteiger partial charge in [-0.3, -0.25) is 4.79 Å². The lowest BCUT2D eigenvalue weighted by Gasteiger charge is -2.11. The van der Waals surface area contributed by atoms with Gasteiger partial charge >= 0.3 is 0 Å². The number of carbonyl (C=O) groups is 1. The molecule has 2 aromatic rings. The van der Waals surface area contributed by atoms with Gasteiger partial charge in [0.25, 0.3) is 0 Å². The van der Waals surface area contributed by atoms with Crippen LogP contribution in [0.5, 0.6) is 0 Å². The zero-order chi connectivity index (χ0) is 14.4. The molecule has 1 aromatic heterocycles. The van der Waals surface area contributed by atoms with Gasteiger partial charge in [0.05, 0.1) is 17.4 Å². The fraction of sp³-hybridized carbons (Fsp3) is 0.467. The highest BCUT2D eigenvalue weighted by Crippen LogP contribution is 2.11. The molecular formula is C15H24Cl2N4O. The number of rotatable bonds is 7. The van der Waals surface area contributed by atoms with E-state index in [0.717, 1.165) is 24.0 Å². The smallest absolute Gasteiger partial charge is 0.224 e. The molecule has 1 aromatic carbocycles. The summed E-state index contributed by atoms with van der Waals surface area (Å²) in [5.41, 5.74) is 2.15. The predicted molar refractivity (Wildman–Crippen MR) is 94.9 cm³/mol. The fourth-order valence-corrected chi connectivity index (χ4v) is 2.22. The Morgan fingerprint density at radius 3 is 2.77 bits per heavy atom. The third-order valence-corrected chi connectivity index (χ3v) is 3.36. The maximum Gasteiger partial charge on any atom is 0.224 e. The maximum atomic E-state index is 11.7. The minimum atomic E-state index is 0. The number of hydrogen-bond donors (Lipinski definition) is 2. The third kappa shape index (κ3) is 5.48. The van der Waals surface area contributed by atoms with Crippen LogP contribution in [0.3, 0.4) is 0 Å².